The molecular weight excluding hydrogens is 182 g/mol. The van der Waals surface area contributed by atoms with E-state index >= 15 is 0 Å². The Morgan fingerprint density at radius 2 is 2.45 bits per heavy atom. The van der Waals surface area contributed by atoms with Gasteiger partial charge in [0.1, 0.15) is 0 Å². The van der Waals surface area contributed by atoms with Crippen LogP contribution in [0, 0.1) is 6.42 Å². The molecular formula is C7H7ClNOS. The first-order valence-corrected chi connectivity index (χ1v) is 4.25. The molecule has 59 valence electrons. The van der Waals surface area contributed by atoms with Gasteiger partial charge in [-0.2, -0.15) is 0 Å². The molecule has 0 saturated carbocycles. The van der Waals surface area contributed by atoms with E-state index in [4.69, 9.17) is 17.3 Å². The van der Waals surface area contributed by atoms with Gasteiger partial charge in [0, 0.05) is 17.7 Å². The van der Waals surface area contributed by atoms with Crippen LogP contribution >= 0.6 is 22.9 Å². The van der Waals surface area contributed by atoms with Gasteiger partial charge in [0.15, 0.2) is 0 Å². The predicted molar refractivity (Wildman–Crippen MR) is 46.5 cm³/mol. The first kappa shape index (κ1) is 8.56. The van der Waals surface area contributed by atoms with E-state index in [1.54, 1.807) is 12.5 Å². The zero-order chi connectivity index (χ0) is 8.27. The number of carbonyl (C=O) groups excluding carboxylic acids is 1. The summed E-state index contributed by atoms with van der Waals surface area (Å²) >= 11 is 7.09. The van der Waals surface area contributed by atoms with Crippen LogP contribution in [0.3, 0.4) is 0 Å². The number of primary amides is 1. The molecule has 11 heavy (non-hydrogen) atoms. The number of carbonyl (C=O) groups is 1. The summed E-state index contributed by atoms with van der Waals surface area (Å²) in [5, 5.41) is 0. The van der Waals surface area contributed by atoms with Gasteiger partial charge in [0.25, 0.3) is 0 Å². The van der Waals surface area contributed by atoms with Gasteiger partial charge in [-0.15, -0.1) is 11.3 Å². The summed E-state index contributed by atoms with van der Waals surface area (Å²) in [4.78, 5) is 11.3. The number of hydrogen-bond donors (Lipinski definition) is 1. The largest absolute Gasteiger partial charge is 0.370 e. The Bertz CT molecular complexity index is 259. The maximum absolute atomic E-state index is 10.3. The van der Waals surface area contributed by atoms with Gasteiger partial charge in [-0.05, 0) is 12.1 Å². The lowest BCUT2D eigenvalue weighted by Crippen LogP contribution is -2.09. The molecule has 4 heteroatoms. The molecule has 0 atom stereocenters. The number of amides is 1. The normalized spacial score (nSPS) is 9.91. The third-order valence-electron chi connectivity index (χ3n) is 1.10. The number of halogens is 1. The molecule has 0 spiro atoms. The molecule has 0 saturated heterocycles. The first-order valence-electron chi connectivity index (χ1n) is 3.05. The average Bonchev–Trinajstić information content (AvgIpc) is 2.31. The van der Waals surface area contributed by atoms with Crippen molar-refractivity contribution in [3.63, 3.8) is 0 Å². The van der Waals surface area contributed by atoms with E-state index < -0.39 is 0 Å². The lowest BCUT2D eigenvalue weighted by Gasteiger charge is -1.90. The van der Waals surface area contributed by atoms with Gasteiger partial charge in [0.05, 0.1) is 4.34 Å². The van der Waals surface area contributed by atoms with Gasteiger partial charge in [-0.3, -0.25) is 4.79 Å². The Kier molecular flexibility index (Phi) is 2.91. The lowest BCUT2D eigenvalue weighted by atomic mass is 10.2. The van der Waals surface area contributed by atoms with Crippen molar-refractivity contribution < 1.29 is 4.79 Å². The van der Waals surface area contributed by atoms with Crippen molar-refractivity contribution in [2.75, 3.05) is 0 Å². The molecule has 0 unspecified atom stereocenters. The minimum atomic E-state index is -0.325. The Morgan fingerprint density at radius 1 is 1.73 bits per heavy atom. The van der Waals surface area contributed by atoms with E-state index in [0.29, 0.717) is 0 Å². The van der Waals surface area contributed by atoms with Gasteiger partial charge in [-0.1, -0.05) is 11.6 Å². The van der Waals surface area contributed by atoms with Crippen LogP contribution in [0.25, 0.3) is 0 Å². The summed E-state index contributed by atoms with van der Waals surface area (Å²) in [6.07, 6.45) is 2.04. The molecule has 1 aromatic heterocycles. The predicted octanol–water partition coefficient (Wildman–Crippen LogP) is 1.83. The molecule has 2 nitrogen and oxygen atoms in total. The summed E-state index contributed by atoms with van der Waals surface area (Å²) in [6.45, 7) is 0. The van der Waals surface area contributed by atoms with Gasteiger partial charge < -0.3 is 5.73 Å². The fourth-order valence-electron chi connectivity index (χ4n) is 0.639. The van der Waals surface area contributed by atoms with Crippen molar-refractivity contribution in [1.82, 2.24) is 0 Å². The van der Waals surface area contributed by atoms with Crippen molar-refractivity contribution in [2.24, 2.45) is 5.73 Å². The Labute approximate surface area is 74.0 Å². The van der Waals surface area contributed by atoms with Crippen LogP contribution in [0.15, 0.2) is 12.1 Å². The molecule has 0 aliphatic carbocycles. The molecule has 0 bridgehead atoms. The van der Waals surface area contributed by atoms with Crippen molar-refractivity contribution in [2.45, 2.75) is 6.42 Å². The molecule has 2 N–H and O–H groups in total. The number of hydrogen-bond acceptors (Lipinski definition) is 2. The molecule has 1 heterocycles. The minimum absolute atomic E-state index is 0.275. The second-order valence-corrected chi connectivity index (χ2v) is 3.76. The van der Waals surface area contributed by atoms with E-state index in [1.807, 2.05) is 6.07 Å². The maximum atomic E-state index is 10.3. The van der Waals surface area contributed by atoms with Crippen LogP contribution in [-0.4, -0.2) is 5.91 Å². The minimum Gasteiger partial charge on any atom is -0.370 e. The topological polar surface area (TPSA) is 43.1 Å². The zero-order valence-corrected chi connectivity index (χ0v) is 7.28. The SMILES string of the molecule is NC(=O)C[CH]c1ccc(Cl)s1. The standard InChI is InChI=1S/C7H7ClNOS/c8-6-3-1-5(11-6)2-4-7(9)10/h1-3H,4H2,(H2,9,10). The number of nitrogens with two attached hydrogens (primary N) is 1. The maximum Gasteiger partial charge on any atom is 0.218 e. The van der Waals surface area contributed by atoms with Crippen LogP contribution in [0.5, 0.6) is 0 Å². The molecule has 1 amide bonds. The fourth-order valence-corrected chi connectivity index (χ4v) is 1.63. The highest BCUT2D eigenvalue weighted by atomic mass is 35.5. The van der Waals surface area contributed by atoms with E-state index in [1.165, 1.54) is 11.3 Å². The van der Waals surface area contributed by atoms with E-state index in [-0.39, 0.29) is 12.3 Å². The molecule has 0 aliphatic rings. The molecule has 1 aromatic rings. The van der Waals surface area contributed by atoms with Crippen LogP contribution in [0.1, 0.15) is 11.3 Å². The first-order chi connectivity index (χ1) is 5.18. The van der Waals surface area contributed by atoms with Crippen molar-refractivity contribution in [3.8, 4) is 0 Å². The summed E-state index contributed by atoms with van der Waals surface area (Å²) in [7, 11) is 0. The van der Waals surface area contributed by atoms with Gasteiger partial charge >= 0.3 is 0 Å². The van der Waals surface area contributed by atoms with E-state index in [2.05, 4.69) is 0 Å². The Morgan fingerprint density at radius 3 is 2.91 bits per heavy atom. The van der Waals surface area contributed by atoms with Crippen molar-refractivity contribution >= 4 is 28.8 Å². The summed E-state index contributed by atoms with van der Waals surface area (Å²) in [6, 6.07) is 3.65. The molecule has 0 aliphatic heterocycles. The molecule has 1 rings (SSSR count). The summed E-state index contributed by atoms with van der Waals surface area (Å²) in [5.41, 5.74) is 4.95. The highest BCUT2D eigenvalue weighted by Crippen LogP contribution is 2.23. The third-order valence-corrected chi connectivity index (χ3v) is 2.33. The van der Waals surface area contributed by atoms with Crippen LogP contribution in [0.4, 0.5) is 0 Å². The van der Waals surface area contributed by atoms with Gasteiger partial charge in [0.2, 0.25) is 5.91 Å². The second-order valence-electron chi connectivity index (χ2n) is 2.02. The van der Waals surface area contributed by atoms with Crippen molar-refractivity contribution in [3.05, 3.63) is 27.8 Å². The highest BCUT2D eigenvalue weighted by molar-refractivity contribution is 7.16. The monoisotopic (exact) mass is 188 g/mol. The highest BCUT2D eigenvalue weighted by Gasteiger charge is 2.00. The van der Waals surface area contributed by atoms with Crippen molar-refractivity contribution in [1.29, 1.82) is 0 Å². The van der Waals surface area contributed by atoms with E-state index in [9.17, 15) is 4.79 Å². The molecule has 0 aromatic carbocycles. The summed E-state index contributed by atoms with van der Waals surface area (Å²) in [5.74, 6) is -0.325. The third kappa shape index (κ3) is 2.91. The molecule has 1 radical (unpaired) electrons. The van der Waals surface area contributed by atoms with E-state index in [0.717, 1.165) is 9.21 Å². The Balaban J connectivity index is 2.45. The fraction of sp³-hybridized carbons (Fsp3) is 0.143. The zero-order valence-electron chi connectivity index (χ0n) is 5.71. The van der Waals surface area contributed by atoms with Gasteiger partial charge in [-0.25, -0.2) is 0 Å². The number of thiophene rings is 1. The van der Waals surface area contributed by atoms with Crippen LogP contribution in [-0.2, 0) is 4.79 Å². The van der Waals surface area contributed by atoms with Crippen LogP contribution < -0.4 is 5.73 Å². The van der Waals surface area contributed by atoms with Crippen LogP contribution in [0.2, 0.25) is 4.34 Å². The average molecular weight is 189 g/mol. The second kappa shape index (κ2) is 3.74. The smallest absolute Gasteiger partial charge is 0.218 e. The summed E-state index contributed by atoms with van der Waals surface area (Å²) < 4.78 is 0.723. The Hall–Kier alpha value is -0.540. The lowest BCUT2D eigenvalue weighted by molar-refractivity contribution is -0.117. The quantitative estimate of drug-likeness (QED) is 0.773. The number of rotatable bonds is 3. The molecule has 0 fully saturated rings.